The van der Waals surface area contributed by atoms with Crippen LogP contribution in [0, 0.1) is 11.6 Å². The topological polar surface area (TPSA) is 114 Å². The van der Waals surface area contributed by atoms with Crippen LogP contribution in [-0.4, -0.2) is 34.3 Å². The third-order valence-corrected chi connectivity index (χ3v) is 3.39. The summed E-state index contributed by atoms with van der Waals surface area (Å²) in [5.74, 6) is -2.27. The first kappa shape index (κ1) is 17.2. The Morgan fingerprint density at radius 3 is 2.88 bits per heavy atom. The molecule has 25 heavy (non-hydrogen) atoms. The molecule has 2 aromatic rings. The van der Waals surface area contributed by atoms with Gasteiger partial charge in [0.1, 0.15) is 0 Å². The molecule has 0 saturated carbocycles. The number of rotatable bonds is 5. The Labute approximate surface area is 140 Å². The van der Waals surface area contributed by atoms with Crippen molar-refractivity contribution < 1.29 is 28.2 Å². The van der Waals surface area contributed by atoms with Crippen LogP contribution in [0.1, 0.15) is 25.0 Å². The van der Waals surface area contributed by atoms with Gasteiger partial charge in [0, 0.05) is 19.1 Å². The molecule has 0 amide bonds. The molecule has 1 unspecified atom stereocenters. The van der Waals surface area contributed by atoms with Crippen molar-refractivity contribution in [2.45, 2.75) is 25.6 Å². The van der Waals surface area contributed by atoms with Gasteiger partial charge in [-0.3, -0.25) is 10.7 Å². The van der Waals surface area contributed by atoms with Crippen LogP contribution in [0.2, 0.25) is 0 Å². The minimum Gasteiger partial charge on any atom is -0.350 e. The Morgan fingerprint density at radius 2 is 2.16 bits per heavy atom. The maximum Gasteiger partial charge on any atom is 0.226 e. The smallest absolute Gasteiger partial charge is 0.226 e. The summed E-state index contributed by atoms with van der Waals surface area (Å²) in [6.07, 6.45) is 2.20. The summed E-state index contributed by atoms with van der Waals surface area (Å²) < 4.78 is 36.2. The van der Waals surface area contributed by atoms with Gasteiger partial charge in [-0.05, 0) is 35.3 Å². The second-order valence-electron chi connectivity index (χ2n) is 5.15. The molecule has 134 valence electrons. The van der Waals surface area contributed by atoms with Gasteiger partial charge in [-0.15, -0.1) is 0 Å². The van der Waals surface area contributed by atoms with Crippen LogP contribution in [0.4, 0.5) is 20.3 Å². The number of halogens is 2. The van der Waals surface area contributed by atoms with Crippen LogP contribution in [0.5, 0.6) is 0 Å². The number of aromatic nitrogens is 2. The monoisotopic (exact) mass is 355 g/mol. The van der Waals surface area contributed by atoms with E-state index in [-0.39, 0.29) is 23.0 Å². The number of amidine groups is 1. The molecule has 0 aliphatic carbocycles. The average molecular weight is 355 g/mol. The molecule has 11 heteroatoms. The molecule has 3 rings (SSSR count). The number of benzene rings is 1. The minimum absolute atomic E-state index is 0.0250. The first-order valence-electron chi connectivity index (χ1n) is 7.47. The number of nitrogens with zero attached hydrogens (tertiary/aromatic N) is 3. The molecule has 0 radical (unpaired) electrons. The van der Waals surface area contributed by atoms with Crippen LogP contribution >= 0.6 is 0 Å². The van der Waals surface area contributed by atoms with Crippen molar-refractivity contribution in [2.24, 2.45) is 4.99 Å². The number of ether oxygens (including phenoxy) is 1. The summed E-state index contributed by atoms with van der Waals surface area (Å²) >= 11 is 0. The van der Waals surface area contributed by atoms with E-state index in [1.54, 1.807) is 0 Å². The summed E-state index contributed by atoms with van der Waals surface area (Å²) in [5, 5.41) is 16.5. The van der Waals surface area contributed by atoms with Gasteiger partial charge in [0.15, 0.2) is 29.5 Å². The van der Waals surface area contributed by atoms with Crippen LogP contribution in [0.3, 0.4) is 0 Å². The lowest BCUT2D eigenvalue weighted by atomic mass is 10.2. The van der Waals surface area contributed by atoms with Gasteiger partial charge in [-0.1, -0.05) is 0 Å². The second kappa shape index (κ2) is 7.96. The molecule has 9 nitrogen and oxygen atoms in total. The predicted octanol–water partition coefficient (Wildman–Crippen LogP) is 2.28. The second-order valence-corrected chi connectivity index (χ2v) is 5.15. The SMILES string of the molecule is ONC(=Nc1ccc(F)c(F)c1)c1nonc1NOC1CCCCO1. The number of hydroxylamine groups is 1. The summed E-state index contributed by atoms with van der Waals surface area (Å²) in [7, 11) is 0. The third kappa shape index (κ3) is 4.26. The minimum atomic E-state index is -1.08. The number of nitrogens with one attached hydrogen (secondary N) is 2. The Balaban J connectivity index is 1.75. The van der Waals surface area contributed by atoms with E-state index in [2.05, 4.69) is 25.4 Å². The maximum atomic E-state index is 13.3. The summed E-state index contributed by atoms with van der Waals surface area (Å²) in [4.78, 5) is 9.28. The molecule has 2 heterocycles. The zero-order chi connectivity index (χ0) is 17.6. The van der Waals surface area contributed by atoms with Crippen molar-refractivity contribution in [3.05, 3.63) is 35.5 Å². The van der Waals surface area contributed by atoms with Gasteiger partial charge >= 0.3 is 0 Å². The highest BCUT2D eigenvalue weighted by molar-refractivity contribution is 6.01. The average Bonchev–Trinajstić information content (AvgIpc) is 3.10. The third-order valence-electron chi connectivity index (χ3n) is 3.39. The van der Waals surface area contributed by atoms with Gasteiger partial charge in [-0.2, -0.15) is 0 Å². The molecule has 1 saturated heterocycles. The summed E-state index contributed by atoms with van der Waals surface area (Å²) in [5.41, 5.74) is 4.35. The predicted molar refractivity (Wildman–Crippen MR) is 80.1 cm³/mol. The first-order chi connectivity index (χ1) is 12.2. The largest absolute Gasteiger partial charge is 0.350 e. The zero-order valence-corrected chi connectivity index (χ0v) is 12.9. The van der Waals surface area contributed by atoms with Crippen molar-refractivity contribution in [3.63, 3.8) is 0 Å². The van der Waals surface area contributed by atoms with Crippen LogP contribution in [0.15, 0.2) is 27.8 Å². The Kier molecular flexibility index (Phi) is 5.48. The van der Waals surface area contributed by atoms with Crippen molar-refractivity contribution in [3.8, 4) is 0 Å². The molecule has 0 spiro atoms. The van der Waals surface area contributed by atoms with Crippen molar-refractivity contribution in [1.82, 2.24) is 15.8 Å². The van der Waals surface area contributed by atoms with Crippen LogP contribution in [-0.2, 0) is 9.57 Å². The van der Waals surface area contributed by atoms with Gasteiger partial charge in [0.2, 0.25) is 5.82 Å². The zero-order valence-electron chi connectivity index (χ0n) is 12.9. The highest BCUT2D eigenvalue weighted by Crippen LogP contribution is 2.20. The van der Waals surface area contributed by atoms with E-state index in [1.807, 2.05) is 5.48 Å². The lowest BCUT2D eigenvalue weighted by Crippen LogP contribution is -2.26. The number of hydrogen-bond acceptors (Lipinski definition) is 8. The summed E-state index contributed by atoms with van der Waals surface area (Å²) in [6.45, 7) is 0.595. The Bertz CT molecular complexity index is 749. The maximum absolute atomic E-state index is 13.3. The quantitative estimate of drug-likeness (QED) is 0.425. The fourth-order valence-corrected chi connectivity index (χ4v) is 2.15. The molecule has 1 aromatic carbocycles. The molecular formula is C14H15F2N5O4. The van der Waals surface area contributed by atoms with Crippen molar-refractivity contribution in [2.75, 3.05) is 12.1 Å². The highest BCUT2D eigenvalue weighted by Gasteiger charge is 2.20. The standard InChI is InChI=1S/C14H15F2N5O4/c15-9-5-4-8(7-10(9)16)17-13(18-22)12-14(21-25-19-12)20-24-11-3-1-2-6-23-11/h4-5,7,11,22H,1-3,6H2,(H,17,18)(H,20,21). The molecule has 1 aliphatic rings. The molecule has 1 aliphatic heterocycles. The van der Waals surface area contributed by atoms with E-state index in [4.69, 9.17) is 9.57 Å². The fraction of sp³-hybridized carbons (Fsp3) is 0.357. The fourth-order valence-electron chi connectivity index (χ4n) is 2.15. The number of anilines is 1. The summed E-state index contributed by atoms with van der Waals surface area (Å²) in [6, 6.07) is 3.00. The highest BCUT2D eigenvalue weighted by atomic mass is 19.2. The van der Waals surface area contributed by atoms with Gasteiger partial charge in [0.25, 0.3) is 0 Å². The van der Waals surface area contributed by atoms with E-state index in [1.165, 1.54) is 6.07 Å². The van der Waals surface area contributed by atoms with Gasteiger partial charge in [-0.25, -0.2) is 28.7 Å². The van der Waals surface area contributed by atoms with Gasteiger partial charge < -0.3 is 4.74 Å². The van der Waals surface area contributed by atoms with E-state index < -0.39 is 17.9 Å². The lowest BCUT2D eigenvalue weighted by molar-refractivity contribution is -0.146. The van der Waals surface area contributed by atoms with Crippen LogP contribution in [0.25, 0.3) is 0 Å². The lowest BCUT2D eigenvalue weighted by Gasteiger charge is -2.21. The van der Waals surface area contributed by atoms with Crippen molar-refractivity contribution in [1.29, 1.82) is 0 Å². The molecule has 0 bridgehead atoms. The molecular weight excluding hydrogens is 340 g/mol. The molecule has 3 N–H and O–H groups in total. The molecule has 1 aromatic heterocycles. The van der Waals surface area contributed by atoms with Crippen LogP contribution < -0.4 is 11.0 Å². The van der Waals surface area contributed by atoms with E-state index >= 15 is 0 Å². The number of aliphatic imine (C=N–C) groups is 1. The molecule has 1 atom stereocenters. The molecule has 1 fully saturated rings. The van der Waals surface area contributed by atoms with Crippen molar-refractivity contribution >= 4 is 17.3 Å². The number of hydrogen-bond donors (Lipinski definition) is 3. The first-order valence-corrected chi connectivity index (χ1v) is 7.47. The van der Waals surface area contributed by atoms with E-state index in [0.717, 1.165) is 25.0 Å². The normalized spacial score (nSPS) is 18.2. The van der Waals surface area contributed by atoms with Gasteiger partial charge in [0.05, 0.1) is 5.69 Å². The van der Waals surface area contributed by atoms with E-state index in [0.29, 0.717) is 13.0 Å². The Hall–Kier alpha value is -2.63. The van der Waals surface area contributed by atoms with E-state index in [9.17, 15) is 14.0 Å². The Morgan fingerprint density at radius 1 is 1.28 bits per heavy atom.